The molecule has 2 rings (SSSR count). The molecule has 0 atom stereocenters. The Morgan fingerprint density at radius 3 is 2.85 bits per heavy atom. The van der Waals surface area contributed by atoms with E-state index in [2.05, 4.69) is 27.3 Å². The number of hydrogen-bond acceptors (Lipinski definition) is 3. The van der Waals surface area contributed by atoms with Crippen molar-refractivity contribution in [2.45, 2.75) is 38.6 Å². The molecule has 0 aliphatic heterocycles. The average Bonchev–Trinajstić information content (AvgIpc) is 2.46. The van der Waals surface area contributed by atoms with Crippen LogP contribution in [0.15, 0.2) is 34.3 Å². The van der Waals surface area contributed by atoms with Gasteiger partial charge in [0.1, 0.15) is 0 Å². The molecule has 0 radical (unpaired) electrons. The topological polar surface area (TPSA) is 55.2 Å². The first-order valence-corrected chi connectivity index (χ1v) is 7.77. The van der Waals surface area contributed by atoms with Gasteiger partial charge in [0.15, 0.2) is 0 Å². The Labute approximate surface area is 127 Å². The Bertz CT molecular complexity index is 515. The number of benzene rings is 1. The normalized spacial score (nSPS) is 14.9. The van der Waals surface area contributed by atoms with Crippen molar-refractivity contribution in [1.29, 1.82) is 0 Å². The number of allylic oxidation sites excluding steroid dienone is 1. The highest BCUT2D eigenvalue weighted by Crippen LogP contribution is 2.23. The van der Waals surface area contributed by atoms with Crippen LogP contribution >= 0.6 is 15.9 Å². The van der Waals surface area contributed by atoms with Crippen LogP contribution in [0.1, 0.15) is 37.7 Å². The maximum absolute atomic E-state index is 10.7. The first-order valence-electron chi connectivity index (χ1n) is 6.98. The molecular formula is C15H19BrN2O2. The first-order chi connectivity index (χ1) is 9.66. The highest BCUT2D eigenvalue weighted by Gasteiger charge is 2.09. The van der Waals surface area contributed by atoms with Gasteiger partial charge in [-0.05, 0) is 50.3 Å². The highest BCUT2D eigenvalue weighted by atomic mass is 79.9. The minimum Gasteiger partial charge on any atom is -0.312 e. The van der Waals surface area contributed by atoms with E-state index in [4.69, 9.17) is 0 Å². The number of halogens is 1. The van der Waals surface area contributed by atoms with Crippen LogP contribution in [0.3, 0.4) is 0 Å². The van der Waals surface area contributed by atoms with Crippen LogP contribution in [-0.4, -0.2) is 11.5 Å². The molecule has 0 bridgehead atoms. The van der Waals surface area contributed by atoms with Gasteiger partial charge in [-0.15, -0.1) is 0 Å². The summed E-state index contributed by atoms with van der Waals surface area (Å²) >= 11 is 3.39. The van der Waals surface area contributed by atoms with Gasteiger partial charge in [-0.3, -0.25) is 10.1 Å². The molecule has 1 aromatic rings. The third kappa shape index (κ3) is 4.42. The fourth-order valence-electron chi connectivity index (χ4n) is 2.40. The zero-order chi connectivity index (χ0) is 14.4. The van der Waals surface area contributed by atoms with Crippen LogP contribution in [0.4, 0.5) is 5.69 Å². The molecule has 0 heterocycles. The molecule has 20 heavy (non-hydrogen) atoms. The lowest BCUT2D eigenvalue weighted by Gasteiger charge is -2.13. The molecule has 0 amide bonds. The third-order valence-corrected chi connectivity index (χ3v) is 4.31. The molecule has 0 saturated carbocycles. The summed E-state index contributed by atoms with van der Waals surface area (Å²) in [4.78, 5) is 10.3. The number of nitrogens with zero attached hydrogens (tertiary/aromatic N) is 1. The molecule has 1 aliphatic rings. The summed E-state index contributed by atoms with van der Waals surface area (Å²) in [5.41, 5.74) is 2.73. The van der Waals surface area contributed by atoms with Crippen molar-refractivity contribution in [1.82, 2.24) is 5.32 Å². The number of nitro benzene ring substituents is 1. The Hall–Kier alpha value is -1.20. The molecule has 0 unspecified atom stereocenters. The van der Waals surface area contributed by atoms with E-state index in [1.165, 1.54) is 25.7 Å². The number of nitrogens with one attached hydrogen (secondary N) is 1. The van der Waals surface area contributed by atoms with Crippen molar-refractivity contribution < 1.29 is 4.92 Å². The van der Waals surface area contributed by atoms with Gasteiger partial charge >= 0.3 is 0 Å². The van der Waals surface area contributed by atoms with E-state index in [-0.39, 0.29) is 10.6 Å². The number of rotatable bonds is 6. The summed E-state index contributed by atoms with van der Waals surface area (Å²) in [6.45, 7) is 1.68. The van der Waals surface area contributed by atoms with Gasteiger partial charge in [0.2, 0.25) is 0 Å². The summed E-state index contributed by atoms with van der Waals surface area (Å²) in [5.74, 6) is 0. The predicted octanol–water partition coefficient (Wildman–Crippen LogP) is 4.34. The van der Waals surface area contributed by atoms with Crippen molar-refractivity contribution in [2.75, 3.05) is 6.54 Å². The van der Waals surface area contributed by atoms with Crippen molar-refractivity contribution in [3.05, 3.63) is 50.0 Å². The summed E-state index contributed by atoms with van der Waals surface area (Å²) in [7, 11) is 0. The van der Waals surface area contributed by atoms with Gasteiger partial charge in [0, 0.05) is 23.2 Å². The van der Waals surface area contributed by atoms with Gasteiger partial charge < -0.3 is 5.32 Å². The molecule has 0 aromatic heterocycles. The Morgan fingerprint density at radius 1 is 1.35 bits per heavy atom. The number of non-ortho nitro benzene ring substituents is 1. The van der Waals surface area contributed by atoms with Crippen molar-refractivity contribution in [3.8, 4) is 0 Å². The minimum absolute atomic E-state index is 0.119. The number of hydrogen-bond donors (Lipinski definition) is 1. The predicted molar refractivity (Wildman–Crippen MR) is 83.7 cm³/mol. The summed E-state index contributed by atoms with van der Waals surface area (Å²) in [6, 6.07) is 4.90. The quantitative estimate of drug-likeness (QED) is 0.363. The largest absolute Gasteiger partial charge is 0.312 e. The summed E-state index contributed by atoms with van der Waals surface area (Å²) < 4.78 is 0.788. The van der Waals surface area contributed by atoms with Crippen LogP contribution in [-0.2, 0) is 6.54 Å². The number of nitro groups is 1. The summed E-state index contributed by atoms with van der Waals surface area (Å²) in [6.07, 6.45) is 8.58. The molecule has 4 nitrogen and oxygen atoms in total. The Kier molecular flexibility index (Phi) is 5.73. The van der Waals surface area contributed by atoms with Crippen molar-refractivity contribution in [3.63, 3.8) is 0 Å². The van der Waals surface area contributed by atoms with Crippen LogP contribution in [0.5, 0.6) is 0 Å². The fraction of sp³-hybridized carbons (Fsp3) is 0.467. The zero-order valence-electron chi connectivity index (χ0n) is 11.4. The van der Waals surface area contributed by atoms with E-state index >= 15 is 0 Å². The monoisotopic (exact) mass is 338 g/mol. The third-order valence-electron chi connectivity index (χ3n) is 3.57. The summed E-state index contributed by atoms with van der Waals surface area (Å²) in [5, 5.41) is 14.1. The second-order valence-corrected chi connectivity index (χ2v) is 5.92. The SMILES string of the molecule is O=[N+]([O-])c1ccc(CNCCC2=CCCCC2)c(Br)c1. The molecule has 1 N–H and O–H groups in total. The molecule has 1 aliphatic carbocycles. The van der Waals surface area contributed by atoms with E-state index < -0.39 is 0 Å². The van der Waals surface area contributed by atoms with Crippen LogP contribution in [0, 0.1) is 10.1 Å². The molecule has 0 fully saturated rings. The second-order valence-electron chi connectivity index (χ2n) is 5.07. The maximum Gasteiger partial charge on any atom is 0.270 e. The zero-order valence-corrected chi connectivity index (χ0v) is 13.0. The highest BCUT2D eigenvalue weighted by molar-refractivity contribution is 9.10. The van der Waals surface area contributed by atoms with Gasteiger partial charge in [-0.25, -0.2) is 0 Å². The molecule has 1 aromatic carbocycles. The Balaban J connectivity index is 1.79. The fourth-order valence-corrected chi connectivity index (χ4v) is 2.90. The van der Waals surface area contributed by atoms with Crippen LogP contribution in [0.25, 0.3) is 0 Å². The molecule has 0 spiro atoms. The second kappa shape index (κ2) is 7.55. The van der Waals surface area contributed by atoms with Crippen molar-refractivity contribution in [2.24, 2.45) is 0 Å². The first kappa shape index (κ1) is 15.2. The average molecular weight is 339 g/mol. The minimum atomic E-state index is -0.377. The van der Waals surface area contributed by atoms with Crippen LogP contribution in [0.2, 0.25) is 0 Å². The van der Waals surface area contributed by atoms with E-state index in [0.717, 1.165) is 29.5 Å². The molecule has 0 saturated heterocycles. The molecule has 108 valence electrons. The van der Waals surface area contributed by atoms with Gasteiger partial charge in [0.25, 0.3) is 5.69 Å². The lowest BCUT2D eigenvalue weighted by atomic mass is 9.97. The van der Waals surface area contributed by atoms with Gasteiger partial charge in [0.05, 0.1) is 4.92 Å². The smallest absolute Gasteiger partial charge is 0.270 e. The lowest BCUT2D eigenvalue weighted by Crippen LogP contribution is -2.16. The maximum atomic E-state index is 10.7. The standard InChI is InChI=1S/C15H19BrN2O2/c16-15-10-14(18(19)20)7-6-13(15)11-17-9-8-12-4-2-1-3-5-12/h4,6-7,10,17H,1-3,5,8-9,11H2. The van der Waals surface area contributed by atoms with Crippen LogP contribution < -0.4 is 5.32 Å². The van der Waals surface area contributed by atoms with E-state index in [1.54, 1.807) is 23.8 Å². The van der Waals surface area contributed by atoms with Gasteiger partial charge in [-0.1, -0.05) is 27.6 Å². The van der Waals surface area contributed by atoms with E-state index in [0.29, 0.717) is 0 Å². The van der Waals surface area contributed by atoms with E-state index in [9.17, 15) is 10.1 Å². The van der Waals surface area contributed by atoms with Gasteiger partial charge in [-0.2, -0.15) is 0 Å². The molecular weight excluding hydrogens is 320 g/mol. The lowest BCUT2D eigenvalue weighted by molar-refractivity contribution is -0.384. The Morgan fingerprint density at radius 2 is 2.20 bits per heavy atom. The van der Waals surface area contributed by atoms with E-state index in [1.807, 2.05) is 0 Å². The molecule has 5 heteroatoms. The van der Waals surface area contributed by atoms with Crippen molar-refractivity contribution >= 4 is 21.6 Å².